The molecule has 0 atom stereocenters. The van der Waals surface area contributed by atoms with E-state index in [1.807, 2.05) is 12.3 Å². The van der Waals surface area contributed by atoms with Gasteiger partial charge in [-0.25, -0.2) is 9.37 Å². The van der Waals surface area contributed by atoms with E-state index < -0.39 is 5.82 Å². The van der Waals surface area contributed by atoms with E-state index in [0.717, 1.165) is 5.56 Å². The summed E-state index contributed by atoms with van der Waals surface area (Å²) in [5.41, 5.74) is 2.45. The molecule has 0 saturated carbocycles. The van der Waals surface area contributed by atoms with Crippen LogP contribution >= 0.6 is 34.5 Å². The summed E-state index contributed by atoms with van der Waals surface area (Å²) in [6.45, 7) is 1.91. The van der Waals surface area contributed by atoms with Crippen molar-refractivity contribution < 1.29 is 4.39 Å². The first-order valence-corrected chi connectivity index (χ1v) is 9.77. The van der Waals surface area contributed by atoms with Gasteiger partial charge >= 0.3 is 0 Å². The summed E-state index contributed by atoms with van der Waals surface area (Å²) in [5.74, 6) is 0.0269. The molecule has 27 heavy (non-hydrogen) atoms. The van der Waals surface area contributed by atoms with Gasteiger partial charge in [-0.2, -0.15) is 0 Å². The van der Waals surface area contributed by atoms with E-state index in [1.165, 1.54) is 22.0 Å². The normalized spacial score (nSPS) is 11.3. The number of hydrogen-bond acceptors (Lipinski definition) is 3. The molecule has 4 rings (SSSR count). The molecule has 0 aliphatic rings. The molecule has 7 heteroatoms. The number of benzene rings is 2. The van der Waals surface area contributed by atoms with E-state index in [1.54, 1.807) is 36.4 Å². The van der Waals surface area contributed by atoms with Crippen molar-refractivity contribution in [3.63, 3.8) is 0 Å². The van der Waals surface area contributed by atoms with Gasteiger partial charge in [-0.15, -0.1) is 11.3 Å². The number of rotatable bonds is 3. The molecule has 0 radical (unpaired) electrons. The molecule has 4 aromatic rings. The zero-order valence-corrected chi connectivity index (χ0v) is 16.5. The average molecular weight is 419 g/mol. The SMILES string of the molecule is Cc1csc2c(=O)n(-c3ccc(Cl)cc3)c(Cc3ccc(Cl)cc3F)nc12. The molecule has 0 aliphatic carbocycles. The van der Waals surface area contributed by atoms with Crippen molar-refractivity contribution in [2.45, 2.75) is 13.3 Å². The van der Waals surface area contributed by atoms with Gasteiger partial charge in [0, 0.05) is 16.5 Å². The Hall–Kier alpha value is -2.21. The van der Waals surface area contributed by atoms with Crippen LogP contribution < -0.4 is 5.56 Å². The van der Waals surface area contributed by atoms with Crippen LogP contribution in [0.25, 0.3) is 15.9 Å². The van der Waals surface area contributed by atoms with Crippen molar-refractivity contribution in [1.29, 1.82) is 0 Å². The Balaban J connectivity index is 1.96. The first kappa shape index (κ1) is 18.2. The number of thiophene rings is 1. The fourth-order valence-corrected chi connectivity index (χ4v) is 4.14. The minimum absolute atomic E-state index is 0.159. The van der Waals surface area contributed by atoms with Gasteiger partial charge in [-0.3, -0.25) is 9.36 Å². The Morgan fingerprint density at radius 2 is 1.81 bits per heavy atom. The first-order valence-electron chi connectivity index (χ1n) is 8.13. The molecule has 0 bridgehead atoms. The minimum atomic E-state index is -0.429. The highest BCUT2D eigenvalue weighted by Crippen LogP contribution is 2.24. The molecule has 0 amide bonds. The van der Waals surface area contributed by atoms with Crippen molar-refractivity contribution >= 4 is 44.8 Å². The molecule has 0 unspecified atom stereocenters. The summed E-state index contributed by atoms with van der Waals surface area (Å²) < 4.78 is 16.4. The molecule has 0 aliphatic heterocycles. The van der Waals surface area contributed by atoms with Gasteiger partial charge in [-0.05, 0) is 59.8 Å². The van der Waals surface area contributed by atoms with Crippen LogP contribution in [0.5, 0.6) is 0 Å². The van der Waals surface area contributed by atoms with Gasteiger partial charge in [0.15, 0.2) is 0 Å². The Morgan fingerprint density at radius 1 is 1.11 bits per heavy atom. The number of aryl methyl sites for hydroxylation is 1. The summed E-state index contributed by atoms with van der Waals surface area (Å²) in [6.07, 6.45) is 0.159. The maximum Gasteiger partial charge on any atom is 0.276 e. The largest absolute Gasteiger partial charge is 0.276 e. The predicted molar refractivity (Wildman–Crippen MR) is 109 cm³/mol. The number of halogens is 3. The lowest BCUT2D eigenvalue weighted by atomic mass is 10.1. The van der Waals surface area contributed by atoms with Crippen LogP contribution in [-0.2, 0) is 6.42 Å². The Bertz CT molecular complexity index is 1220. The molecule has 2 aromatic carbocycles. The molecule has 2 heterocycles. The summed E-state index contributed by atoms with van der Waals surface area (Å²) in [4.78, 5) is 17.9. The van der Waals surface area contributed by atoms with E-state index in [9.17, 15) is 9.18 Å². The lowest BCUT2D eigenvalue weighted by molar-refractivity contribution is 0.611. The third-order valence-electron chi connectivity index (χ3n) is 4.29. The first-order chi connectivity index (χ1) is 12.9. The number of hydrogen-bond donors (Lipinski definition) is 0. The zero-order valence-electron chi connectivity index (χ0n) is 14.2. The van der Waals surface area contributed by atoms with E-state index >= 15 is 0 Å². The maximum atomic E-state index is 14.3. The van der Waals surface area contributed by atoms with Crippen LogP contribution in [0.15, 0.2) is 52.6 Å². The van der Waals surface area contributed by atoms with E-state index in [2.05, 4.69) is 0 Å². The topological polar surface area (TPSA) is 34.9 Å². The lowest BCUT2D eigenvalue weighted by Gasteiger charge is -2.13. The van der Waals surface area contributed by atoms with Gasteiger partial charge < -0.3 is 0 Å². The fraction of sp³-hybridized carbons (Fsp3) is 0.100. The monoisotopic (exact) mass is 418 g/mol. The predicted octanol–water partition coefficient (Wildman–Crippen LogP) is 5.79. The zero-order chi connectivity index (χ0) is 19.1. The fourth-order valence-electron chi connectivity index (χ4n) is 2.94. The highest BCUT2D eigenvalue weighted by atomic mass is 35.5. The van der Waals surface area contributed by atoms with Crippen LogP contribution in [0.2, 0.25) is 10.0 Å². The molecule has 136 valence electrons. The van der Waals surface area contributed by atoms with Crippen molar-refractivity contribution in [3.8, 4) is 5.69 Å². The van der Waals surface area contributed by atoms with Gasteiger partial charge in [0.05, 0.1) is 11.2 Å². The number of aromatic nitrogens is 2. The quantitative estimate of drug-likeness (QED) is 0.421. The highest BCUT2D eigenvalue weighted by molar-refractivity contribution is 7.17. The van der Waals surface area contributed by atoms with Crippen molar-refractivity contribution in [2.24, 2.45) is 0 Å². The highest BCUT2D eigenvalue weighted by Gasteiger charge is 2.17. The second-order valence-corrected chi connectivity index (χ2v) is 7.91. The molecule has 0 fully saturated rings. The summed E-state index contributed by atoms with van der Waals surface area (Å²) in [5, 5.41) is 2.79. The lowest BCUT2D eigenvalue weighted by Crippen LogP contribution is -2.23. The average Bonchev–Trinajstić information content (AvgIpc) is 3.00. The Morgan fingerprint density at radius 3 is 2.52 bits per heavy atom. The molecule has 0 N–H and O–H groups in total. The summed E-state index contributed by atoms with van der Waals surface area (Å²) in [6, 6.07) is 11.4. The van der Waals surface area contributed by atoms with E-state index in [-0.39, 0.29) is 12.0 Å². The van der Waals surface area contributed by atoms with Crippen molar-refractivity contribution in [1.82, 2.24) is 9.55 Å². The van der Waals surface area contributed by atoms with Crippen LogP contribution in [-0.4, -0.2) is 9.55 Å². The van der Waals surface area contributed by atoms with Crippen LogP contribution in [0.3, 0.4) is 0 Å². The van der Waals surface area contributed by atoms with Crippen molar-refractivity contribution in [2.75, 3.05) is 0 Å². The molecule has 0 spiro atoms. The van der Waals surface area contributed by atoms with Gasteiger partial charge in [0.1, 0.15) is 16.3 Å². The number of fused-ring (bicyclic) bond motifs is 1. The maximum absolute atomic E-state index is 14.3. The number of nitrogens with zero attached hydrogens (tertiary/aromatic N) is 2. The van der Waals surface area contributed by atoms with E-state index in [0.29, 0.717) is 37.3 Å². The Kier molecular flexibility index (Phi) is 4.76. The van der Waals surface area contributed by atoms with Gasteiger partial charge in [-0.1, -0.05) is 29.3 Å². The summed E-state index contributed by atoms with van der Waals surface area (Å²) in [7, 11) is 0. The summed E-state index contributed by atoms with van der Waals surface area (Å²) >= 11 is 13.2. The van der Waals surface area contributed by atoms with Crippen molar-refractivity contribution in [3.05, 3.63) is 91.0 Å². The third-order valence-corrected chi connectivity index (χ3v) is 5.85. The van der Waals surface area contributed by atoms with Crippen LogP contribution in [0.4, 0.5) is 4.39 Å². The third kappa shape index (κ3) is 3.38. The van der Waals surface area contributed by atoms with Gasteiger partial charge in [0.2, 0.25) is 0 Å². The van der Waals surface area contributed by atoms with E-state index in [4.69, 9.17) is 28.2 Å². The van der Waals surface area contributed by atoms with Crippen LogP contribution in [0, 0.1) is 12.7 Å². The smallest absolute Gasteiger partial charge is 0.267 e. The molecular formula is C20H13Cl2FN2OS. The molecule has 2 aromatic heterocycles. The van der Waals surface area contributed by atoms with Crippen LogP contribution in [0.1, 0.15) is 17.0 Å². The Labute approximate surface area is 168 Å². The van der Waals surface area contributed by atoms with Gasteiger partial charge in [0.25, 0.3) is 5.56 Å². The minimum Gasteiger partial charge on any atom is -0.267 e. The molecule has 3 nitrogen and oxygen atoms in total. The second kappa shape index (κ2) is 7.08. The molecular weight excluding hydrogens is 406 g/mol. The standard InChI is InChI=1S/C20H13Cl2FN2OS/c1-11-10-27-19-18(11)24-17(8-12-2-3-14(22)9-16(12)23)25(20(19)26)15-6-4-13(21)5-7-15/h2-7,9-10H,8H2,1H3. The second-order valence-electron chi connectivity index (χ2n) is 6.15. The molecule has 0 saturated heterocycles.